The highest BCUT2D eigenvalue weighted by atomic mass is 79.9. The zero-order valence-corrected chi connectivity index (χ0v) is 12.8. The van der Waals surface area contributed by atoms with Crippen LogP contribution in [0.2, 0.25) is 5.02 Å². The number of ether oxygens (including phenoxy) is 1. The van der Waals surface area contributed by atoms with Gasteiger partial charge < -0.3 is 10.5 Å². The molecule has 3 nitrogen and oxygen atoms in total. The molecule has 1 heterocycles. The van der Waals surface area contributed by atoms with Gasteiger partial charge in [-0.2, -0.15) is 0 Å². The first-order valence-electron chi connectivity index (χ1n) is 6.12. The van der Waals surface area contributed by atoms with Gasteiger partial charge in [-0.1, -0.05) is 33.6 Å². The second-order valence-corrected chi connectivity index (χ2v) is 5.87. The fourth-order valence-corrected chi connectivity index (χ4v) is 3.03. The molecule has 0 spiro atoms. The average Bonchev–Trinajstić information content (AvgIpc) is 2.88. The topological polar surface area (TPSA) is 52.3 Å². The van der Waals surface area contributed by atoms with E-state index in [9.17, 15) is 4.79 Å². The molecule has 2 aromatic carbocycles. The third kappa shape index (κ3) is 2.19. The summed E-state index contributed by atoms with van der Waals surface area (Å²) in [4.78, 5) is 12.7. The maximum atomic E-state index is 12.7. The van der Waals surface area contributed by atoms with Crippen LogP contribution >= 0.6 is 27.5 Å². The van der Waals surface area contributed by atoms with Crippen molar-refractivity contribution >= 4 is 39.0 Å². The highest BCUT2D eigenvalue weighted by Crippen LogP contribution is 2.36. The van der Waals surface area contributed by atoms with Crippen molar-refractivity contribution in [1.29, 1.82) is 0 Å². The molecule has 0 radical (unpaired) electrons. The summed E-state index contributed by atoms with van der Waals surface area (Å²) in [5.41, 5.74) is 8.08. The quantitative estimate of drug-likeness (QED) is 0.660. The first kappa shape index (κ1) is 13.5. The number of hydrogen-bond acceptors (Lipinski definition) is 3. The van der Waals surface area contributed by atoms with Crippen LogP contribution in [0.4, 0.5) is 5.69 Å². The molecule has 0 amide bonds. The molecule has 0 aromatic heterocycles. The fraction of sp³-hybridized carbons (Fsp3) is 0.133. The molecule has 2 N–H and O–H groups in total. The summed E-state index contributed by atoms with van der Waals surface area (Å²) in [7, 11) is 0. The van der Waals surface area contributed by atoms with Gasteiger partial charge >= 0.3 is 0 Å². The maximum Gasteiger partial charge on any atom is 0.198 e. The summed E-state index contributed by atoms with van der Waals surface area (Å²) in [6, 6.07) is 8.78. The van der Waals surface area contributed by atoms with E-state index >= 15 is 0 Å². The van der Waals surface area contributed by atoms with E-state index < -0.39 is 0 Å². The van der Waals surface area contributed by atoms with Crippen LogP contribution in [0.5, 0.6) is 5.75 Å². The van der Waals surface area contributed by atoms with Gasteiger partial charge in [0, 0.05) is 16.5 Å². The van der Waals surface area contributed by atoms with E-state index in [0.717, 1.165) is 16.5 Å². The third-order valence-electron chi connectivity index (χ3n) is 3.27. The molecular formula is C15H11BrClNO2. The molecule has 0 saturated heterocycles. The van der Waals surface area contributed by atoms with Crippen molar-refractivity contribution < 1.29 is 9.53 Å². The van der Waals surface area contributed by atoms with Gasteiger partial charge in [0.1, 0.15) is 5.75 Å². The Morgan fingerprint density at radius 1 is 1.30 bits per heavy atom. The van der Waals surface area contributed by atoms with Crippen LogP contribution < -0.4 is 10.5 Å². The minimum atomic E-state index is -0.179. The minimum absolute atomic E-state index is 0.179. The van der Waals surface area contributed by atoms with Crippen LogP contribution in [0.1, 0.15) is 21.5 Å². The van der Waals surface area contributed by atoms with Crippen molar-refractivity contribution in [3.63, 3.8) is 0 Å². The molecule has 2 aromatic rings. The van der Waals surface area contributed by atoms with E-state index in [1.807, 2.05) is 6.07 Å². The maximum absolute atomic E-state index is 12.7. The predicted molar refractivity (Wildman–Crippen MR) is 82.6 cm³/mol. The van der Waals surface area contributed by atoms with Gasteiger partial charge in [0.05, 0.1) is 22.9 Å². The normalized spacial score (nSPS) is 12.9. The number of halogens is 2. The number of carbonyl (C=O) groups excluding carboxylic acids is 1. The molecule has 0 unspecified atom stereocenters. The average molecular weight is 353 g/mol. The number of benzene rings is 2. The number of rotatable bonds is 2. The summed E-state index contributed by atoms with van der Waals surface area (Å²) in [6.07, 6.45) is 0.805. The zero-order chi connectivity index (χ0) is 14.3. The van der Waals surface area contributed by atoms with E-state index in [2.05, 4.69) is 15.9 Å². The summed E-state index contributed by atoms with van der Waals surface area (Å²) in [5.74, 6) is 0.471. The number of nitrogen functional groups attached to an aromatic ring is 1. The Morgan fingerprint density at radius 3 is 2.90 bits per heavy atom. The summed E-state index contributed by atoms with van der Waals surface area (Å²) in [6.45, 7) is 0.594. The molecular weight excluding hydrogens is 342 g/mol. The molecule has 0 fully saturated rings. The van der Waals surface area contributed by atoms with Gasteiger partial charge in [0.15, 0.2) is 5.78 Å². The van der Waals surface area contributed by atoms with Gasteiger partial charge in [0.25, 0.3) is 0 Å². The first-order valence-corrected chi connectivity index (χ1v) is 7.29. The summed E-state index contributed by atoms with van der Waals surface area (Å²) < 4.78 is 6.43. The van der Waals surface area contributed by atoms with E-state index in [0.29, 0.717) is 29.2 Å². The first-order chi connectivity index (χ1) is 9.58. The lowest BCUT2D eigenvalue weighted by Crippen LogP contribution is -2.06. The van der Waals surface area contributed by atoms with E-state index in [1.54, 1.807) is 24.3 Å². The number of nitrogens with two attached hydrogens (primary N) is 1. The summed E-state index contributed by atoms with van der Waals surface area (Å²) in [5, 5.41) is 0.282. The minimum Gasteiger partial charge on any atom is -0.492 e. The fourth-order valence-electron chi connectivity index (χ4n) is 2.31. The highest BCUT2D eigenvalue weighted by Gasteiger charge is 2.24. The van der Waals surface area contributed by atoms with Gasteiger partial charge in [-0.15, -0.1) is 0 Å². The molecule has 1 aliphatic heterocycles. The Labute approximate surface area is 129 Å². The van der Waals surface area contributed by atoms with Gasteiger partial charge in [-0.25, -0.2) is 0 Å². The van der Waals surface area contributed by atoms with Crippen molar-refractivity contribution in [2.45, 2.75) is 6.42 Å². The lowest BCUT2D eigenvalue weighted by Gasteiger charge is -2.10. The van der Waals surface area contributed by atoms with Crippen LogP contribution in [0.15, 0.2) is 34.8 Å². The van der Waals surface area contributed by atoms with Gasteiger partial charge in [-0.3, -0.25) is 4.79 Å². The summed E-state index contributed by atoms with van der Waals surface area (Å²) >= 11 is 9.55. The Morgan fingerprint density at radius 2 is 2.10 bits per heavy atom. The van der Waals surface area contributed by atoms with Crippen molar-refractivity contribution in [2.75, 3.05) is 12.3 Å². The van der Waals surface area contributed by atoms with Crippen molar-refractivity contribution in [3.8, 4) is 5.75 Å². The second kappa shape index (κ2) is 5.11. The zero-order valence-electron chi connectivity index (χ0n) is 10.5. The Bertz CT molecular complexity index is 715. The molecule has 20 heavy (non-hydrogen) atoms. The van der Waals surface area contributed by atoms with Crippen LogP contribution in [0, 0.1) is 0 Å². The number of anilines is 1. The highest BCUT2D eigenvalue weighted by molar-refractivity contribution is 9.10. The monoisotopic (exact) mass is 351 g/mol. The smallest absolute Gasteiger partial charge is 0.198 e. The molecule has 3 rings (SSSR count). The van der Waals surface area contributed by atoms with E-state index in [-0.39, 0.29) is 10.8 Å². The van der Waals surface area contributed by atoms with Crippen molar-refractivity contribution in [1.82, 2.24) is 0 Å². The Balaban J connectivity index is 2.14. The number of fused-ring (bicyclic) bond motifs is 1. The van der Waals surface area contributed by atoms with Crippen LogP contribution in [-0.2, 0) is 6.42 Å². The standard InChI is InChI=1S/C15H11BrClNO2/c16-9-6-8-4-5-20-15(8)11(7-9)14(19)10-2-1-3-12(18)13(10)17/h1-3,6-7H,4-5,18H2. The van der Waals surface area contributed by atoms with Gasteiger partial charge in [0.2, 0.25) is 0 Å². The van der Waals surface area contributed by atoms with Crippen molar-refractivity contribution in [3.05, 3.63) is 56.5 Å². The Kier molecular flexibility index (Phi) is 3.44. The lowest BCUT2D eigenvalue weighted by atomic mass is 9.99. The SMILES string of the molecule is Nc1cccc(C(=O)c2cc(Br)cc3c2OCC3)c1Cl. The molecule has 102 valence electrons. The molecule has 0 atom stereocenters. The van der Waals surface area contributed by atoms with Gasteiger partial charge in [-0.05, 0) is 29.8 Å². The molecule has 0 saturated carbocycles. The number of carbonyl (C=O) groups is 1. The van der Waals surface area contributed by atoms with E-state index in [4.69, 9.17) is 22.1 Å². The number of hydrogen-bond donors (Lipinski definition) is 1. The molecule has 0 bridgehead atoms. The molecule has 0 aliphatic carbocycles. The second-order valence-electron chi connectivity index (χ2n) is 4.58. The van der Waals surface area contributed by atoms with Crippen molar-refractivity contribution in [2.24, 2.45) is 0 Å². The third-order valence-corrected chi connectivity index (χ3v) is 4.15. The number of ketones is 1. The Hall–Kier alpha value is -1.52. The predicted octanol–water partition coefficient (Wildman–Crippen LogP) is 3.85. The van der Waals surface area contributed by atoms with Crippen LogP contribution in [0.3, 0.4) is 0 Å². The lowest BCUT2D eigenvalue weighted by molar-refractivity contribution is 0.103. The van der Waals surface area contributed by atoms with E-state index in [1.165, 1.54) is 0 Å². The molecule has 1 aliphatic rings. The van der Waals surface area contributed by atoms with Crippen LogP contribution in [0.25, 0.3) is 0 Å². The van der Waals surface area contributed by atoms with Crippen LogP contribution in [-0.4, -0.2) is 12.4 Å². The molecule has 5 heteroatoms. The largest absolute Gasteiger partial charge is 0.492 e.